The van der Waals surface area contributed by atoms with Crippen LogP contribution in [0.5, 0.6) is 0 Å². The van der Waals surface area contributed by atoms with Crippen LogP contribution in [0, 0.1) is 5.82 Å². The van der Waals surface area contributed by atoms with Crippen molar-refractivity contribution in [2.75, 3.05) is 12.4 Å². The van der Waals surface area contributed by atoms with Gasteiger partial charge in [0.05, 0.1) is 0 Å². The highest BCUT2D eigenvalue weighted by molar-refractivity contribution is 6.18. The maximum atomic E-state index is 13.2. The molecule has 2 rings (SSSR count). The SMILES string of the molecule is Fc1cccc(CN(CCCl)Cc2ccccc2)c1. The predicted octanol–water partition coefficient (Wildman–Crippen LogP) is 4.07. The minimum atomic E-state index is -0.192. The van der Waals surface area contributed by atoms with Gasteiger partial charge in [-0.2, -0.15) is 0 Å². The molecule has 100 valence electrons. The molecule has 2 aromatic carbocycles. The van der Waals surface area contributed by atoms with Crippen LogP contribution in [0.3, 0.4) is 0 Å². The Morgan fingerprint density at radius 2 is 1.58 bits per heavy atom. The van der Waals surface area contributed by atoms with Gasteiger partial charge in [0.2, 0.25) is 0 Å². The Morgan fingerprint density at radius 1 is 0.895 bits per heavy atom. The van der Waals surface area contributed by atoms with Crippen LogP contribution in [0.25, 0.3) is 0 Å². The van der Waals surface area contributed by atoms with Crippen molar-refractivity contribution in [1.82, 2.24) is 4.90 Å². The first kappa shape index (κ1) is 14.0. The number of alkyl halides is 1. The van der Waals surface area contributed by atoms with Crippen molar-refractivity contribution in [1.29, 1.82) is 0 Å². The molecule has 1 nitrogen and oxygen atoms in total. The van der Waals surface area contributed by atoms with E-state index in [2.05, 4.69) is 17.0 Å². The van der Waals surface area contributed by atoms with Gasteiger partial charge in [-0.1, -0.05) is 42.5 Å². The third-order valence-electron chi connectivity index (χ3n) is 2.94. The first-order chi connectivity index (χ1) is 9.28. The first-order valence-corrected chi connectivity index (χ1v) is 6.88. The first-order valence-electron chi connectivity index (χ1n) is 6.34. The molecule has 0 fully saturated rings. The Balaban J connectivity index is 2.04. The molecule has 0 N–H and O–H groups in total. The summed E-state index contributed by atoms with van der Waals surface area (Å²) in [6.07, 6.45) is 0. The Morgan fingerprint density at radius 3 is 2.26 bits per heavy atom. The molecule has 19 heavy (non-hydrogen) atoms. The normalized spacial score (nSPS) is 10.9. The quantitative estimate of drug-likeness (QED) is 0.720. The number of halogens is 2. The molecule has 0 aliphatic carbocycles. The number of benzene rings is 2. The van der Waals surface area contributed by atoms with Crippen molar-refractivity contribution in [3.63, 3.8) is 0 Å². The molecule has 0 saturated heterocycles. The largest absolute Gasteiger partial charge is 0.294 e. The highest BCUT2D eigenvalue weighted by Crippen LogP contribution is 2.11. The minimum Gasteiger partial charge on any atom is -0.294 e. The summed E-state index contributed by atoms with van der Waals surface area (Å²) in [4.78, 5) is 2.22. The van der Waals surface area contributed by atoms with Crippen LogP contribution in [-0.2, 0) is 13.1 Å². The third-order valence-corrected chi connectivity index (χ3v) is 3.11. The highest BCUT2D eigenvalue weighted by atomic mass is 35.5. The summed E-state index contributed by atoms with van der Waals surface area (Å²) in [5.41, 5.74) is 2.21. The van der Waals surface area contributed by atoms with Crippen molar-refractivity contribution in [3.05, 3.63) is 71.5 Å². The van der Waals surface area contributed by atoms with E-state index in [-0.39, 0.29) is 5.82 Å². The van der Waals surface area contributed by atoms with Gasteiger partial charge in [-0.15, -0.1) is 11.6 Å². The molecule has 0 spiro atoms. The summed E-state index contributed by atoms with van der Waals surface area (Å²) < 4.78 is 13.2. The molecular weight excluding hydrogens is 261 g/mol. The molecule has 2 aromatic rings. The molecule has 3 heteroatoms. The van der Waals surface area contributed by atoms with Crippen molar-refractivity contribution >= 4 is 11.6 Å². The van der Waals surface area contributed by atoms with E-state index < -0.39 is 0 Å². The fourth-order valence-electron chi connectivity index (χ4n) is 2.07. The summed E-state index contributed by atoms with van der Waals surface area (Å²) in [6.45, 7) is 2.32. The molecule has 0 bridgehead atoms. The van der Waals surface area contributed by atoms with Crippen molar-refractivity contribution in [2.24, 2.45) is 0 Å². The summed E-state index contributed by atoms with van der Waals surface area (Å²) in [5, 5.41) is 0. The highest BCUT2D eigenvalue weighted by Gasteiger charge is 2.07. The van der Waals surface area contributed by atoms with E-state index in [0.29, 0.717) is 12.4 Å². The van der Waals surface area contributed by atoms with Crippen molar-refractivity contribution < 1.29 is 4.39 Å². The molecule has 0 aliphatic heterocycles. The lowest BCUT2D eigenvalue weighted by atomic mass is 10.1. The number of nitrogens with zero attached hydrogens (tertiary/aromatic N) is 1. The van der Waals surface area contributed by atoms with Crippen LogP contribution >= 0.6 is 11.6 Å². The maximum Gasteiger partial charge on any atom is 0.123 e. The zero-order chi connectivity index (χ0) is 13.5. The second-order valence-corrected chi connectivity index (χ2v) is 4.89. The van der Waals surface area contributed by atoms with Crippen LogP contribution in [-0.4, -0.2) is 17.3 Å². The third kappa shape index (κ3) is 4.66. The van der Waals surface area contributed by atoms with Crippen molar-refractivity contribution in [2.45, 2.75) is 13.1 Å². The Hall–Kier alpha value is -1.38. The average Bonchev–Trinajstić information content (AvgIpc) is 2.40. The molecule has 0 aromatic heterocycles. The standard InChI is InChI=1S/C16H17ClFN/c17-9-10-19(12-14-5-2-1-3-6-14)13-15-7-4-8-16(18)11-15/h1-8,11H,9-10,12-13H2. The van der Waals surface area contributed by atoms with Gasteiger partial charge < -0.3 is 0 Å². The summed E-state index contributed by atoms with van der Waals surface area (Å²) in [5.74, 6) is 0.380. The van der Waals surface area contributed by atoms with E-state index in [0.717, 1.165) is 18.7 Å². The Kier molecular flexibility index (Phi) is 5.37. The molecule has 0 unspecified atom stereocenters. The van der Waals surface area contributed by atoms with E-state index in [1.165, 1.54) is 11.6 Å². The lowest BCUT2D eigenvalue weighted by Crippen LogP contribution is -2.25. The number of rotatable bonds is 6. The van der Waals surface area contributed by atoms with E-state index >= 15 is 0 Å². The second-order valence-electron chi connectivity index (χ2n) is 4.52. The van der Waals surface area contributed by atoms with Gasteiger partial charge in [-0.25, -0.2) is 4.39 Å². The van der Waals surface area contributed by atoms with Gasteiger partial charge in [0, 0.05) is 25.5 Å². The van der Waals surface area contributed by atoms with Gasteiger partial charge in [-0.3, -0.25) is 4.90 Å². The lowest BCUT2D eigenvalue weighted by molar-refractivity contribution is 0.273. The summed E-state index contributed by atoms with van der Waals surface area (Å²) in [6, 6.07) is 17.0. The smallest absolute Gasteiger partial charge is 0.123 e. The van der Waals surface area contributed by atoms with Gasteiger partial charge in [0.25, 0.3) is 0 Å². The van der Waals surface area contributed by atoms with E-state index in [1.807, 2.05) is 24.3 Å². The Bertz CT molecular complexity index is 501. The predicted molar refractivity (Wildman–Crippen MR) is 77.7 cm³/mol. The zero-order valence-electron chi connectivity index (χ0n) is 10.7. The molecular formula is C16H17ClFN. The molecule has 0 amide bonds. The van der Waals surface area contributed by atoms with Gasteiger partial charge in [-0.05, 0) is 23.3 Å². The minimum absolute atomic E-state index is 0.192. The zero-order valence-corrected chi connectivity index (χ0v) is 11.5. The van der Waals surface area contributed by atoms with E-state index in [9.17, 15) is 4.39 Å². The fourth-order valence-corrected chi connectivity index (χ4v) is 2.31. The molecule has 0 aliphatic rings. The van der Waals surface area contributed by atoms with Crippen LogP contribution in [0.15, 0.2) is 54.6 Å². The van der Waals surface area contributed by atoms with Gasteiger partial charge in [0.15, 0.2) is 0 Å². The molecule has 0 heterocycles. The maximum absolute atomic E-state index is 13.2. The Labute approximate surface area is 118 Å². The number of hydrogen-bond acceptors (Lipinski definition) is 1. The summed E-state index contributed by atoms with van der Waals surface area (Å²) in [7, 11) is 0. The van der Waals surface area contributed by atoms with Crippen LogP contribution in [0.2, 0.25) is 0 Å². The van der Waals surface area contributed by atoms with Gasteiger partial charge >= 0.3 is 0 Å². The molecule has 0 saturated carbocycles. The van der Waals surface area contributed by atoms with E-state index in [1.54, 1.807) is 12.1 Å². The monoisotopic (exact) mass is 277 g/mol. The lowest BCUT2D eigenvalue weighted by Gasteiger charge is -2.21. The number of hydrogen-bond donors (Lipinski definition) is 0. The molecule has 0 atom stereocenters. The molecule has 0 radical (unpaired) electrons. The van der Waals surface area contributed by atoms with Gasteiger partial charge in [0.1, 0.15) is 5.82 Å². The van der Waals surface area contributed by atoms with E-state index in [4.69, 9.17) is 11.6 Å². The van der Waals surface area contributed by atoms with Crippen LogP contribution in [0.1, 0.15) is 11.1 Å². The fraction of sp³-hybridized carbons (Fsp3) is 0.250. The van der Waals surface area contributed by atoms with Crippen molar-refractivity contribution in [3.8, 4) is 0 Å². The second kappa shape index (κ2) is 7.27. The van der Waals surface area contributed by atoms with Crippen LogP contribution < -0.4 is 0 Å². The average molecular weight is 278 g/mol. The topological polar surface area (TPSA) is 3.24 Å². The van der Waals surface area contributed by atoms with Crippen LogP contribution in [0.4, 0.5) is 4.39 Å². The summed E-state index contributed by atoms with van der Waals surface area (Å²) >= 11 is 5.84.